The van der Waals surface area contributed by atoms with E-state index in [4.69, 9.17) is 4.74 Å². The first-order chi connectivity index (χ1) is 8.70. The predicted octanol–water partition coefficient (Wildman–Crippen LogP) is 2.65. The van der Waals surface area contributed by atoms with Crippen LogP contribution in [0.25, 0.3) is 0 Å². The highest BCUT2D eigenvalue weighted by molar-refractivity contribution is 6.04. The lowest BCUT2D eigenvalue weighted by Gasteiger charge is -2.07. The quantitative estimate of drug-likeness (QED) is 0.871. The molecule has 18 heavy (non-hydrogen) atoms. The molecule has 0 unspecified atom stereocenters. The summed E-state index contributed by atoms with van der Waals surface area (Å²) < 4.78 is 4.92. The van der Waals surface area contributed by atoms with Crippen molar-refractivity contribution in [1.29, 1.82) is 0 Å². The number of carbonyl (C=O) groups is 1. The number of anilines is 1. The number of benzene rings is 2. The van der Waals surface area contributed by atoms with Gasteiger partial charge in [0, 0.05) is 11.3 Å². The number of aromatic hydroxyl groups is 1. The third kappa shape index (κ3) is 2.60. The Labute approximate surface area is 105 Å². The number of rotatable bonds is 3. The molecule has 2 aromatic carbocycles. The molecular formula is C14H13NO3. The Morgan fingerprint density at radius 1 is 1.17 bits per heavy atom. The molecule has 0 saturated carbocycles. The largest absolute Gasteiger partial charge is 0.504 e. The van der Waals surface area contributed by atoms with E-state index in [2.05, 4.69) is 5.32 Å². The lowest BCUT2D eigenvalue weighted by atomic mass is 10.2. The molecule has 0 saturated heterocycles. The number of para-hydroxylation sites is 1. The van der Waals surface area contributed by atoms with Gasteiger partial charge in [0.1, 0.15) is 0 Å². The van der Waals surface area contributed by atoms with Gasteiger partial charge in [0.2, 0.25) is 0 Å². The number of hydrogen-bond acceptors (Lipinski definition) is 3. The molecule has 92 valence electrons. The van der Waals surface area contributed by atoms with Crippen LogP contribution < -0.4 is 10.1 Å². The number of phenols is 1. The molecule has 4 heteroatoms. The number of hydrogen-bond donors (Lipinski definition) is 2. The first-order valence-corrected chi connectivity index (χ1v) is 5.44. The van der Waals surface area contributed by atoms with Crippen molar-refractivity contribution in [3.8, 4) is 11.5 Å². The summed E-state index contributed by atoms with van der Waals surface area (Å²) in [5.41, 5.74) is 1.08. The van der Waals surface area contributed by atoms with E-state index in [1.54, 1.807) is 24.3 Å². The van der Waals surface area contributed by atoms with Gasteiger partial charge in [-0.3, -0.25) is 4.79 Å². The Bertz CT molecular complexity index is 552. The molecule has 0 aliphatic carbocycles. The van der Waals surface area contributed by atoms with Gasteiger partial charge in [-0.2, -0.15) is 0 Å². The van der Waals surface area contributed by atoms with Gasteiger partial charge in [0.25, 0.3) is 5.91 Å². The Morgan fingerprint density at radius 3 is 2.50 bits per heavy atom. The normalized spacial score (nSPS) is 9.83. The second-order valence-electron chi connectivity index (χ2n) is 3.71. The van der Waals surface area contributed by atoms with Gasteiger partial charge in [0.05, 0.1) is 7.11 Å². The van der Waals surface area contributed by atoms with E-state index in [9.17, 15) is 9.90 Å². The molecule has 0 radical (unpaired) electrons. The number of nitrogens with one attached hydrogen (secondary N) is 1. The van der Waals surface area contributed by atoms with Gasteiger partial charge >= 0.3 is 0 Å². The maximum atomic E-state index is 11.9. The van der Waals surface area contributed by atoms with Crippen LogP contribution in [-0.4, -0.2) is 18.1 Å². The zero-order valence-electron chi connectivity index (χ0n) is 9.88. The van der Waals surface area contributed by atoms with E-state index in [1.165, 1.54) is 13.2 Å². The Kier molecular flexibility index (Phi) is 3.48. The van der Waals surface area contributed by atoms with Crippen molar-refractivity contribution in [3.63, 3.8) is 0 Å². The fourth-order valence-corrected chi connectivity index (χ4v) is 1.56. The summed E-state index contributed by atoms with van der Waals surface area (Å²) in [6.45, 7) is 0. The standard InChI is InChI=1S/C14H13NO3/c1-18-13-8-7-10(9-12(13)16)14(17)15-11-5-3-2-4-6-11/h2-9,16H,1H3,(H,15,17). The van der Waals surface area contributed by atoms with Crippen LogP contribution in [0.2, 0.25) is 0 Å². The summed E-state index contributed by atoms with van der Waals surface area (Å²) in [5, 5.41) is 12.3. The molecule has 2 N–H and O–H groups in total. The van der Waals surface area contributed by atoms with Crippen LogP contribution in [0, 0.1) is 0 Å². The summed E-state index contributed by atoms with van der Waals surface area (Å²) in [5.74, 6) is 0.00336. The molecule has 2 rings (SSSR count). The third-order valence-corrected chi connectivity index (χ3v) is 2.47. The molecule has 0 heterocycles. The molecule has 0 aromatic heterocycles. The van der Waals surface area contributed by atoms with Gasteiger partial charge in [-0.15, -0.1) is 0 Å². The Morgan fingerprint density at radius 2 is 1.89 bits per heavy atom. The van der Waals surface area contributed by atoms with E-state index in [-0.39, 0.29) is 11.7 Å². The smallest absolute Gasteiger partial charge is 0.255 e. The van der Waals surface area contributed by atoms with Crippen LogP contribution in [0.1, 0.15) is 10.4 Å². The summed E-state index contributed by atoms with van der Waals surface area (Å²) in [7, 11) is 1.46. The minimum atomic E-state index is -0.279. The molecule has 0 atom stereocenters. The van der Waals surface area contributed by atoms with E-state index in [0.29, 0.717) is 17.0 Å². The second-order valence-corrected chi connectivity index (χ2v) is 3.71. The van der Waals surface area contributed by atoms with E-state index >= 15 is 0 Å². The minimum absolute atomic E-state index is 0.0572. The van der Waals surface area contributed by atoms with Crippen LogP contribution in [0.3, 0.4) is 0 Å². The van der Waals surface area contributed by atoms with Gasteiger partial charge in [-0.1, -0.05) is 18.2 Å². The zero-order valence-corrected chi connectivity index (χ0v) is 9.88. The van der Waals surface area contributed by atoms with Crippen LogP contribution in [-0.2, 0) is 0 Å². The van der Waals surface area contributed by atoms with E-state index in [1.807, 2.05) is 18.2 Å². The molecule has 0 bridgehead atoms. The van der Waals surface area contributed by atoms with Crippen LogP contribution >= 0.6 is 0 Å². The third-order valence-electron chi connectivity index (χ3n) is 2.47. The summed E-state index contributed by atoms with van der Waals surface area (Å²) >= 11 is 0. The molecule has 4 nitrogen and oxygen atoms in total. The van der Waals surface area contributed by atoms with Crippen molar-refractivity contribution in [2.24, 2.45) is 0 Å². The van der Waals surface area contributed by atoms with E-state index in [0.717, 1.165) is 0 Å². The number of ether oxygens (including phenoxy) is 1. The maximum Gasteiger partial charge on any atom is 0.255 e. The molecule has 0 fully saturated rings. The van der Waals surface area contributed by atoms with Gasteiger partial charge in [0.15, 0.2) is 11.5 Å². The zero-order chi connectivity index (χ0) is 13.0. The highest BCUT2D eigenvalue weighted by Gasteiger charge is 2.09. The average molecular weight is 243 g/mol. The average Bonchev–Trinajstić information content (AvgIpc) is 2.39. The monoisotopic (exact) mass is 243 g/mol. The maximum absolute atomic E-state index is 11.9. The van der Waals surface area contributed by atoms with Crippen LogP contribution in [0.15, 0.2) is 48.5 Å². The van der Waals surface area contributed by atoms with Crippen molar-refractivity contribution in [3.05, 3.63) is 54.1 Å². The first-order valence-electron chi connectivity index (χ1n) is 5.44. The SMILES string of the molecule is COc1ccc(C(=O)Nc2ccccc2)cc1O. The fraction of sp³-hybridized carbons (Fsp3) is 0.0714. The van der Waals surface area contributed by atoms with E-state index < -0.39 is 0 Å². The molecule has 2 aromatic rings. The lowest BCUT2D eigenvalue weighted by molar-refractivity contribution is 0.102. The number of amides is 1. The number of phenolic OH excluding ortho intramolecular Hbond substituents is 1. The summed E-state index contributed by atoms with van der Waals surface area (Å²) in [6.07, 6.45) is 0. The predicted molar refractivity (Wildman–Crippen MR) is 69.1 cm³/mol. The van der Waals surface area contributed by atoms with Crippen molar-refractivity contribution in [2.45, 2.75) is 0 Å². The van der Waals surface area contributed by atoms with Gasteiger partial charge < -0.3 is 15.2 Å². The fourth-order valence-electron chi connectivity index (χ4n) is 1.56. The highest BCUT2D eigenvalue weighted by Crippen LogP contribution is 2.26. The van der Waals surface area contributed by atoms with Gasteiger partial charge in [-0.25, -0.2) is 0 Å². The van der Waals surface area contributed by atoms with Crippen LogP contribution in [0.5, 0.6) is 11.5 Å². The number of carbonyl (C=O) groups excluding carboxylic acids is 1. The molecule has 0 aliphatic rings. The summed E-state index contributed by atoms with van der Waals surface area (Å²) in [4.78, 5) is 11.9. The molecule has 0 aliphatic heterocycles. The van der Waals surface area contributed by atoms with Crippen molar-refractivity contribution in [2.75, 3.05) is 12.4 Å². The molecular weight excluding hydrogens is 230 g/mol. The summed E-state index contributed by atoms with van der Waals surface area (Å²) in [6, 6.07) is 13.6. The van der Waals surface area contributed by atoms with Crippen molar-refractivity contribution in [1.82, 2.24) is 0 Å². The Hall–Kier alpha value is -2.49. The molecule has 0 spiro atoms. The highest BCUT2D eigenvalue weighted by atomic mass is 16.5. The minimum Gasteiger partial charge on any atom is -0.504 e. The molecule has 1 amide bonds. The lowest BCUT2D eigenvalue weighted by Crippen LogP contribution is -2.11. The number of methoxy groups -OCH3 is 1. The van der Waals surface area contributed by atoms with Crippen molar-refractivity contribution >= 4 is 11.6 Å². The van der Waals surface area contributed by atoms with Crippen molar-refractivity contribution < 1.29 is 14.6 Å². The first kappa shape index (κ1) is 12.0. The Balaban J connectivity index is 2.17. The second kappa shape index (κ2) is 5.23. The van der Waals surface area contributed by atoms with Crippen LogP contribution in [0.4, 0.5) is 5.69 Å². The topological polar surface area (TPSA) is 58.6 Å². The van der Waals surface area contributed by atoms with Gasteiger partial charge in [-0.05, 0) is 30.3 Å².